The van der Waals surface area contributed by atoms with E-state index in [1.165, 1.54) is 11.3 Å². The first kappa shape index (κ1) is 23.6. The van der Waals surface area contributed by atoms with E-state index in [4.69, 9.17) is 14.5 Å². The Morgan fingerprint density at radius 1 is 1.38 bits per heavy atom. The third-order valence-corrected chi connectivity index (χ3v) is 6.15. The zero-order valence-corrected chi connectivity index (χ0v) is 19.3. The molecule has 1 aliphatic heterocycles. The van der Waals surface area contributed by atoms with Crippen molar-refractivity contribution in [2.45, 2.75) is 53.1 Å². The molecule has 1 saturated heterocycles. The van der Waals surface area contributed by atoms with E-state index < -0.39 is 0 Å². The fraction of sp³-hybridized carbons (Fsp3) is 0.750. The van der Waals surface area contributed by atoms with Gasteiger partial charge in [-0.15, -0.1) is 11.3 Å². The van der Waals surface area contributed by atoms with E-state index in [2.05, 4.69) is 34.4 Å². The van der Waals surface area contributed by atoms with Crippen LogP contribution in [-0.2, 0) is 9.47 Å². The van der Waals surface area contributed by atoms with Gasteiger partial charge in [0, 0.05) is 25.2 Å². The van der Waals surface area contributed by atoms with E-state index in [0.717, 1.165) is 43.8 Å². The summed E-state index contributed by atoms with van der Waals surface area (Å²) in [6.07, 6.45) is 0. The van der Waals surface area contributed by atoms with Crippen LogP contribution in [0.2, 0.25) is 0 Å². The Balaban J connectivity index is 2.06. The van der Waals surface area contributed by atoms with E-state index in [-0.39, 0.29) is 17.6 Å². The molecule has 0 bridgehead atoms. The van der Waals surface area contributed by atoms with Crippen LogP contribution in [0.1, 0.15) is 61.0 Å². The second kappa shape index (κ2) is 10.9. The number of hydrogen-bond donors (Lipinski definition) is 2. The van der Waals surface area contributed by atoms with E-state index in [1.807, 2.05) is 20.8 Å². The molecule has 1 atom stereocenters. The highest BCUT2D eigenvalue weighted by Crippen LogP contribution is 2.24. The lowest BCUT2D eigenvalue weighted by molar-refractivity contribution is -0.00684. The largest absolute Gasteiger partial charge is 0.462 e. The van der Waals surface area contributed by atoms with E-state index in [9.17, 15) is 4.79 Å². The Labute approximate surface area is 178 Å². The molecule has 8 nitrogen and oxygen atoms in total. The van der Waals surface area contributed by atoms with Crippen molar-refractivity contribution < 1.29 is 14.3 Å². The van der Waals surface area contributed by atoms with Crippen LogP contribution in [-0.4, -0.2) is 73.4 Å². The molecule has 29 heavy (non-hydrogen) atoms. The van der Waals surface area contributed by atoms with Crippen molar-refractivity contribution in [3.05, 3.63) is 15.6 Å². The third-order valence-electron chi connectivity index (χ3n) is 4.83. The SMILES string of the molecule is CCNC(=NCC(C)(C)N1CCOCC1)NC(C)c1nc(C)c(C(=O)OCC)s1. The average Bonchev–Trinajstić information content (AvgIpc) is 3.09. The fourth-order valence-electron chi connectivity index (χ4n) is 3.12. The van der Waals surface area contributed by atoms with Crippen LogP contribution in [0.5, 0.6) is 0 Å². The second-order valence-corrected chi connectivity index (χ2v) is 8.69. The number of aryl methyl sites for hydroxylation is 1. The van der Waals surface area contributed by atoms with Gasteiger partial charge in [-0.3, -0.25) is 9.89 Å². The number of ether oxygens (including phenoxy) is 2. The molecule has 164 valence electrons. The van der Waals surface area contributed by atoms with Crippen LogP contribution in [0.3, 0.4) is 0 Å². The molecule has 0 aromatic carbocycles. The van der Waals surface area contributed by atoms with Crippen molar-refractivity contribution >= 4 is 23.3 Å². The molecule has 0 spiro atoms. The van der Waals surface area contributed by atoms with Gasteiger partial charge in [0.1, 0.15) is 9.88 Å². The number of aliphatic imine (C=N–C) groups is 1. The Bertz CT molecular complexity index is 698. The molecule has 0 saturated carbocycles. The predicted octanol–water partition coefficient (Wildman–Crippen LogP) is 2.36. The van der Waals surface area contributed by atoms with E-state index in [0.29, 0.717) is 23.7 Å². The van der Waals surface area contributed by atoms with Gasteiger partial charge in [-0.1, -0.05) is 0 Å². The summed E-state index contributed by atoms with van der Waals surface area (Å²) in [6, 6.07) is -0.0776. The molecule has 2 heterocycles. The quantitative estimate of drug-likeness (QED) is 0.375. The molecular formula is C20H35N5O3S. The number of nitrogens with zero attached hydrogens (tertiary/aromatic N) is 3. The van der Waals surface area contributed by atoms with Crippen LogP contribution in [0.4, 0.5) is 0 Å². The van der Waals surface area contributed by atoms with Crippen LogP contribution in [0, 0.1) is 6.92 Å². The summed E-state index contributed by atoms with van der Waals surface area (Å²) in [5.41, 5.74) is 0.650. The Hall–Kier alpha value is -1.71. The number of morpholine rings is 1. The summed E-state index contributed by atoms with van der Waals surface area (Å²) in [7, 11) is 0. The minimum Gasteiger partial charge on any atom is -0.462 e. The van der Waals surface area contributed by atoms with Crippen LogP contribution >= 0.6 is 11.3 Å². The maximum atomic E-state index is 12.1. The highest BCUT2D eigenvalue weighted by atomic mass is 32.1. The van der Waals surface area contributed by atoms with Gasteiger partial charge < -0.3 is 20.1 Å². The number of hydrogen-bond acceptors (Lipinski definition) is 7. The molecule has 0 aliphatic carbocycles. The molecular weight excluding hydrogens is 390 g/mol. The Morgan fingerprint density at radius 2 is 2.07 bits per heavy atom. The molecule has 1 aromatic rings. The molecule has 1 unspecified atom stereocenters. The maximum absolute atomic E-state index is 12.1. The minimum atomic E-state index is -0.311. The van der Waals surface area contributed by atoms with Crippen LogP contribution in [0.25, 0.3) is 0 Å². The summed E-state index contributed by atoms with van der Waals surface area (Å²) >= 11 is 1.37. The summed E-state index contributed by atoms with van der Waals surface area (Å²) < 4.78 is 10.6. The lowest BCUT2D eigenvalue weighted by Gasteiger charge is -2.40. The lowest BCUT2D eigenvalue weighted by Crippen LogP contribution is -2.52. The predicted molar refractivity (Wildman–Crippen MR) is 117 cm³/mol. The summed E-state index contributed by atoms with van der Waals surface area (Å²) in [5, 5.41) is 7.55. The number of carbonyl (C=O) groups excluding carboxylic acids is 1. The van der Waals surface area contributed by atoms with Crippen molar-refractivity contribution in [1.82, 2.24) is 20.5 Å². The first-order chi connectivity index (χ1) is 13.8. The molecule has 2 N–H and O–H groups in total. The van der Waals surface area contributed by atoms with Gasteiger partial charge in [0.15, 0.2) is 5.96 Å². The Kier molecular flexibility index (Phi) is 8.85. The zero-order chi connectivity index (χ0) is 21.4. The van der Waals surface area contributed by atoms with E-state index >= 15 is 0 Å². The van der Waals surface area contributed by atoms with Crippen molar-refractivity contribution in [3.63, 3.8) is 0 Å². The first-order valence-electron chi connectivity index (χ1n) is 10.3. The van der Waals surface area contributed by atoms with E-state index in [1.54, 1.807) is 6.92 Å². The van der Waals surface area contributed by atoms with Gasteiger partial charge in [0.2, 0.25) is 0 Å². The van der Waals surface area contributed by atoms with Crippen molar-refractivity contribution in [2.75, 3.05) is 46.0 Å². The van der Waals surface area contributed by atoms with Crippen LogP contribution in [0.15, 0.2) is 4.99 Å². The molecule has 1 aromatic heterocycles. The first-order valence-corrected chi connectivity index (χ1v) is 11.1. The smallest absolute Gasteiger partial charge is 0.350 e. The number of esters is 1. The zero-order valence-electron chi connectivity index (χ0n) is 18.5. The second-order valence-electron chi connectivity index (χ2n) is 7.66. The van der Waals surface area contributed by atoms with Gasteiger partial charge >= 0.3 is 5.97 Å². The molecule has 0 amide bonds. The molecule has 9 heteroatoms. The highest BCUT2D eigenvalue weighted by Gasteiger charge is 2.28. The molecule has 1 aliphatic rings. The van der Waals surface area contributed by atoms with Crippen molar-refractivity contribution in [2.24, 2.45) is 4.99 Å². The Morgan fingerprint density at radius 3 is 2.69 bits per heavy atom. The topological polar surface area (TPSA) is 88.1 Å². The summed E-state index contributed by atoms with van der Waals surface area (Å²) in [5.74, 6) is 0.431. The van der Waals surface area contributed by atoms with Gasteiger partial charge in [-0.25, -0.2) is 9.78 Å². The lowest BCUT2D eigenvalue weighted by atomic mass is 10.0. The number of carbonyl (C=O) groups is 1. The van der Waals surface area contributed by atoms with Crippen LogP contribution < -0.4 is 10.6 Å². The van der Waals surface area contributed by atoms with Gasteiger partial charge in [-0.05, 0) is 41.5 Å². The number of rotatable bonds is 8. The third kappa shape index (κ3) is 6.65. The number of thiazole rings is 1. The van der Waals surface area contributed by atoms with Crippen molar-refractivity contribution in [3.8, 4) is 0 Å². The van der Waals surface area contributed by atoms with Crippen molar-refractivity contribution in [1.29, 1.82) is 0 Å². The standard InChI is InChI=1S/C20H35N5O3S/c1-7-21-19(22-13-20(5,6)25-9-11-27-12-10-25)24-15(4)17-23-14(3)16(29-17)18(26)28-8-2/h15H,7-13H2,1-6H3,(H2,21,22,24). The average molecular weight is 426 g/mol. The molecule has 1 fully saturated rings. The molecule has 0 radical (unpaired) electrons. The number of aromatic nitrogens is 1. The fourth-order valence-corrected chi connectivity index (χ4v) is 4.08. The van der Waals surface area contributed by atoms with Gasteiger partial charge in [0.25, 0.3) is 0 Å². The minimum absolute atomic E-state index is 0.0514. The number of nitrogens with one attached hydrogen (secondary N) is 2. The van der Waals surface area contributed by atoms with Gasteiger partial charge in [0.05, 0.1) is 38.1 Å². The summed E-state index contributed by atoms with van der Waals surface area (Å²) in [4.78, 5) is 24.4. The monoisotopic (exact) mass is 425 g/mol. The number of guanidine groups is 1. The normalized spacial score (nSPS) is 17.1. The molecule has 2 rings (SSSR count). The van der Waals surface area contributed by atoms with Gasteiger partial charge in [-0.2, -0.15) is 0 Å². The summed E-state index contributed by atoms with van der Waals surface area (Å²) in [6.45, 7) is 17.3. The maximum Gasteiger partial charge on any atom is 0.350 e. The highest BCUT2D eigenvalue weighted by molar-refractivity contribution is 7.13.